The van der Waals surface area contributed by atoms with Gasteiger partial charge in [0.2, 0.25) is 0 Å². The van der Waals surface area contributed by atoms with E-state index in [1.807, 2.05) is 6.07 Å². The first-order valence-electron chi connectivity index (χ1n) is 9.37. The van der Waals surface area contributed by atoms with Crippen molar-refractivity contribution in [3.63, 3.8) is 0 Å². The summed E-state index contributed by atoms with van der Waals surface area (Å²) < 4.78 is 20.0. The Morgan fingerprint density at radius 1 is 1.03 bits per heavy atom. The number of rotatable bonds is 7. The van der Waals surface area contributed by atoms with Gasteiger partial charge in [0.05, 0.1) is 37.6 Å². The van der Waals surface area contributed by atoms with Crippen molar-refractivity contribution < 1.29 is 33.3 Å². The maximum absolute atomic E-state index is 12.3. The third-order valence-corrected chi connectivity index (χ3v) is 4.11. The molecule has 0 atom stereocenters. The first-order chi connectivity index (χ1) is 14.9. The lowest BCUT2D eigenvalue weighted by atomic mass is 10.1. The van der Waals surface area contributed by atoms with E-state index in [1.165, 1.54) is 14.2 Å². The molecule has 0 spiro atoms. The van der Waals surface area contributed by atoms with Crippen LogP contribution < -0.4 is 4.74 Å². The van der Waals surface area contributed by atoms with Gasteiger partial charge in [0.1, 0.15) is 12.4 Å². The quantitative estimate of drug-likeness (QED) is 0.315. The van der Waals surface area contributed by atoms with Crippen molar-refractivity contribution in [3.8, 4) is 17.6 Å². The van der Waals surface area contributed by atoms with Crippen molar-refractivity contribution in [2.45, 2.75) is 13.8 Å². The fourth-order valence-corrected chi connectivity index (χ4v) is 2.76. The minimum atomic E-state index is -0.664. The van der Waals surface area contributed by atoms with Crippen LogP contribution >= 0.6 is 0 Å². The van der Waals surface area contributed by atoms with Crippen molar-refractivity contribution in [2.75, 3.05) is 27.4 Å². The maximum atomic E-state index is 12.3. The summed E-state index contributed by atoms with van der Waals surface area (Å²) >= 11 is 0. The molecule has 0 fully saturated rings. The van der Waals surface area contributed by atoms with E-state index in [2.05, 4.69) is 16.8 Å². The molecule has 8 heteroatoms. The van der Waals surface area contributed by atoms with Crippen LogP contribution in [0.5, 0.6) is 5.75 Å². The van der Waals surface area contributed by atoms with Crippen molar-refractivity contribution in [1.29, 1.82) is 0 Å². The Labute approximate surface area is 180 Å². The lowest BCUT2D eigenvalue weighted by molar-refractivity contribution is -0.136. The Morgan fingerprint density at radius 2 is 1.71 bits per heavy atom. The van der Waals surface area contributed by atoms with Crippen LogP contribution in [0.2, 0.25) is 0 Å². The molecule has 162 valence electrons. The molecule has 31 heavy (non-hydrogen) atoms. The predicted molar refractivity (Wildman–Crippen MR) is 113 cm³/mol. The third-order valence-electron chi connectivity index (χ3n) is 4.11. The van der Waals surface area contributed by atoms with Gasteiger partial charge in [0.25, 0.3) is 0 Å². The number of H-pyrrole nitrogens is 1. The first kappa shape index (κ1) is 23.3. The number of carbonyl (C=O) groups is 3. The summed E-state index contributed by atoms with van der Waals surface area (Å²) in [5.74, 6) is 3.52. The molecule has 0 bridgehead atoms. The van der Waals surface area contributed by atoms with Crippen LogP contribution in [0.25, 0.3) is 12.2 Å². The van der Waals surface area contributed by atoms with Crippen LogP contribution in [0, 0.1) is 18.8 Å². The molecule has 0 unspecified atom stereocenters. The normalized spacial score (nSPS) is 10.2. The molecule has 2 rings (SSSR count). The van der Waals surface area contributed by atoms with Gasteiger partial charge in [-0.25, -0.2) is 14.4 Å². The fourth-order valence-electron chi connectivity index (χ4n) is 2.76. The van der Waals surface area contributed by atoms with Crippen LogP contribution in [-0.4, -0.2) is 50.3 Å². The van der Waals surface area contributed by atoms with E-state index >= 15 is 0 Å². The number of carbonyl (C=O) groups excluding carboxylic acids is 3. The highest BCUT2D eigenvalue weighted by atomic mass is 16.5. The number of para-hydroxylation sites is 1. The van der Waals surface area contributed by atoms with Crippen LogP contribution in [0.3, 0.4) is 0 Å². The molecule has 8 nitrogen and oxygen atoms in total. The van der Waals surface area contributed by atoms with E-state index in [1.54, 1.807) is 44.2 Å². The Bertz CT molecular complexity index is 1050. The molecule has 1 heterocycles. The van der Waals surface area contributed by atoms with Gasteiger partial charge in [-0.2, -0.15) is 0 Å². The number of aromatic amines is 1. The van der Waals surface area contributed by atoms with Gasteiger partial charge >= 0.3 is 17.9 Å². The Kier molecular flexibility index (Phi) is 8.46. The van der Waals surface area contributed by atoms with Crippen molar-refractivity contribution in [1.82, 2.24) is 4.98 Å². The summed E-state index contributed by atoms with van der Waals surface area (Å²) in [6.07, 6.45) is 3.35. The highest BCUT2D eigenvalue weighted by molar-refractivity contribution is 6.07. The van der Waals surface area contributed by atoms with E-state index in [4.69, 9.17) is 18.9 Å². The second-order valence-corrected chi connectivity index (χ2v) is 6.08. The molecule has 2 aromatic rings. The number of benzene rings is 1. The first-order valence-corrected chi connectivity index (χ1v) is 9.37. The fraction of sp³-hybridized carbons (Fsp3) is 0.261. The number of esters is 3. The number of aromatic nitrogens is 1. The largest absolute Gasteiger partial charge is 0.480 e. The molecule has 0 saturated carbocycles. The van der Waals surface area contributed by atoms with Gasteiger partial charge in [0.15, 0.2) is 0 Å². The smallest absolute Gasteiger partial charge is 0.384 e. The molecular formula is C23H23NO7. The van der Waals surface area contributed by atoms with E-state index in [0.717, 1.165) is 0 Å². The predicted octanol–water partition coefficient (Wildman–Crippen LogP) is 3.01. The molecule has 0 aliphatic heterocycles. The number of aryl methyl sites for hydroxylation is 1. The Balaban J connectivity index is 2.30. The second-order valence-electron chi connectivity index (χ2n) is 6.08. The molecule has 0 amide bonds. The number of methoxy groups -OCH3 is 2. The van der Waals surface area contributed by atoms with Gasteiger partial charge in [-0.15, -0.1) is 0 Å². The van der Waals surface area contributed by atoms with E-state index < -0.39 is 17.9 Å². The van der Waals surface area contributed by atoms with Crippen LogP contribution in [0.4, 0.5) is 0 Å². The van der Waals surface area contributed by atoms with Gasteiger partial charge < -0.3 is 23.9 Å². The zero-order chi connectivity index (χ0) is 22.8. The average Bonchev–Trinajstić information content (AvgIpc) is 3.11. The lowest BCUT2D eigenvalue weighted by Gasteiger charge is -2.06. The summed E-state index contributed by atoms with van der Waals surface area (Å²) in [4.78, 5) is 38.7. The van der Waals surface area contributed by atoms with Gasteiger partial charge in [-0.1, -0.05) is 18.2 Å². The summed E-state index contributed by atoms with van der Waals surface area (Å²) in [5.41, 5.74) is 1.77. The second kappa shape index (κ2) is 11.3. The number of ether oxygens (including phenoxy) is 4. The average molecular weight is 425 g/mol. The maximum Gasteiger partial charge on any atom is 0.384 e. The molecule has 0 aliphatic rings. The zero-order valence-electron chi connectivity index (χ0n) is 17.7. The standard InChI is InChI=1S/C23H23NO7/c1-5-30-19(25)11-8-14-31-18-10-7-6-9-16(18)12-13-17-21(23(27)29-4)20(15(2)24-17)22(26)28-3/h6-7,9-10,12-13,24H,5,14H2,1-4H3/b13-12+. The van der Waals surface area contributed by atoms with E-state index in [0.29, 0.717) is 22.7 Å². The van der Waals surface area contributed by atoms with Crippen LogP contribution in [-0.2, 0) is 19.0 Å². The van der Waals surface area contributed by atoms with Gasteiger partial charge in [-0.3, -0.25) is 0 Å². The zero-order valence-corrected chi connectivity index (χ0v) is 17.7. The van der Waals surface area contributed by atoms with Gasteiger partial charge in [-0.05, 0) is 38.0 Å². The molecule has 0 aliphatic carbocycles. The minimum Gasteiger partial charge on any atom is -0.480 e. The highest BCUT2D eigenvalue weighted by Crippen LogP contribution is 2.25. The van der Waals surface area contributed by atoms with Crippen LogP contribution in [0.15, 0.2) is 24.3 Å². The molecular weight excluding hydrogens is 402 g/mol. The topological polar surface area (TPSA) is 104 Å². The van der Waals surface area contributed by atoms with Crippen molar-refractivity contribution in [3.05, 3.63) is 52.3 Å². The highest BCUT2D eigenvalue weighted by Gasteiger charge is 2.26. The van der Waals surface area contributed by atoms with Gasteiger partial charge in [0, 0.05) is 17.2 Å². The van der Waals surface area contributed by atoms with Crippen molar-refractivity contribution >= 4 is 30.1 Å². The third kappa shape index (κ3) is 6.00. The molecule has 1 N–H and O–H groups in total. The minimum absolute atomic E-state index is 0.00875. The Morgan fingerprint density at radius 3 is 2.39 bits per heavy atom. The van der Waals surface area contributed by atoms with Crippen LogP contribution in [0.1, 0.15) is 44.6 Å². The molecule has 1 aromatic carbocycles. The van der Waals surface area contributed by atoms with Crippen molar-refractivity contribution in [2.24, 2.45) is 0 Å². The number of hydrogen-bond donors (Lipinski definition) is 1. The summed E-state index contributed by atoms with van der Waals surface area (Å²) in [7, 11) is 2.48. The molecule has 0 radical (unpaired) electrons. The lowest BCUT2D eigenvalue weighted by Crippen LogP contribution is -2.11. The summed E-state index contributed by atoms with van der Waals surface area (Å²) in [6.45, 7) is 3.61. The molecule has 1 aromatic heterocycles. The molecule has 0 saturated heterocycles. The number of hydrogen-bond acceptors (Lipinski definition) is 7. The monoisotopic (exact) mass is 425 g/mol. The summed E-state index contributed by atoms with van der Waals surface area (Å²) in [5, 5.41) is 0. The summed E-state index contributed by atoms with van der Waals surface area (Å²) in [6, 6.07) is 7.16. The Hall–Kier alpha value is -3.99. The number of nitrogens with one attached hydrogen (secondary N) is 1. The van der Waals surface area contributed by atoms with E-state index in [-0.39, 0.29) is 24.3 Å². The van der Waals surface area contributed by atoms with E-state index in [9.17, 15) is 14.4 Å². The SMILES string of the molecule is CCOC(=O)C#CCOc1ccccc1/C=C/c1[nH]c(C)c(C(=O)OC)c1C(=O)OC.